The number of carbonyl (C=O) groups is 1. The Morgan fingerprint density at radius 1 is 1.36 bits per heavy atom. The van der Waals surface area contributed by atoms with Crippen molar-refractivity contribution in [1.29, 1.82) is 0 Å². The van der Waals surface area contributed by atoms with Gasteiger partial charge in [0.1, 0.15) is 0 Å². The highest BCUT2D eigenvalue weighted by atomic mass is 16.4. The molecular weight excluding hydrogens is 176 g/mol. The van der Waals surface area contributed by atoms with Crippen molar-refractivity contribution >= 4 is 5.97 Å². The lowest BCUT2D eigenvalue weighted by Crippen LogP contribution is -2.21. The maximum atomic E-state index is 11.1. The van der Waals surface area contributed by atoms with Crippen LogP contribution in [0.1, 0.15) is 32.1 Å². The number of carboxylic acids is 1. The normalized spacial score (nSPS) is 41.6. The van der Waals surface area contributed by atoms with Crippen molar-refractivity contribution in [2.45, 2.75) is 32.1 Å². The molecule has 0 aromatic carbocycles. The summed E-state index contributed by atoms with van der Waals surface area (Å²) in [5, 5.41) is 9.12. The first-order chi connectivity index (χ1) is 6.70. The molecule has 0 heterocycles. The second-order valence-electron chi connectivity index (χ2n) is 5.33. The van der Waals surface area contributed by atoms with Crippen molar-refractivity contribution in [2.75, 3.05) is 0 Å². The van der Waals surface area contributed by atoms with Gasteiger partial charge in [-0.15, -0.1) is 0 Å². The fourth-order valence-electron chi connectivity index (χ4n) is 3.29. The zero-order chi connectivity index (χ0) is 9.76. The van der Waals surface area contributed by atoms with Gasteiger partial charge >= 0.3 is 5.97 Å². The highest BCUT2D eigenvalue weighted by Crippen LogP contribution is 2.56. The molecule has 3 aliphatic carbocycles. The summed E-state index contributed by atoms with van der Waals surface area (Å²) < 4.78 is 0. The first-order valence-corrected chi connectivity index (χ1v) is 5.61. The van der Waals surface area contributed by atoms with Crippen molar-refractivity contribution in [1.82, 2.24) is 0 Å². The van der Waals surface area contributed by atoms with Gasteiger partial charge in [-0.25, -0.2) is 0 Å². The molecule has 0 radical (unpaired) electrons. The van der Waals surface area contributed by atoms with E-state index >= 15 is 0 Å². The van der Waals surface area contributed by atoms with Crippen LogP contribution in [-0.4, -0.2) is 11.1 Å². The third kappa shape index (κ3) is 1.13. The molecule has 2 fully saturated rings. The van der Waals surface area contributed by atoms with Gasteiger partial charge in [0.05, 0.1) is 5.41 Å². The fourth-order valence-corrected chi connectivity index (χ4v) is 3.29. The Morgan fingerprint density at radius 3 is 2.57 bits per heavy atom. The summed E-state index contributed by atoms with van der Waals surface area (Å²) in [6.45, 7) is 0. The molecule has 0 saturated heterocycles. The van der Waals surface area contributed by atoms with Gasteiger partial charge in [0.15, 0.2) is 0 Å². The summed E-state index contributed by atoms with van der Waals surface area (Å²) in [5.74, 6) is 1.60. The Labute approximate surface area is 84.0 Å². The molecule has 0 amide bonds. The molecule has 14 heavy (non-hydrogen) atoms. The van der Waals surface area contributed by atoms with E-state index in [2.05, 4.69) is 12.2 Å². The van der Waals surface area contributed by atoms with Crippen LogP contribution in [0.2, 0.25) is 0 Å². The Hall–Kier alpha value is -0.790. The van der Waals surface area contributed by atoms with Crippen LogP contribution >= 0.6 is 0 Å². The van der Waals surface area contributed by atoms with E-state index in [1.54, 1.807) is 0 Å². The lowest BCUT2D eigenvalue weighted by atomic mass is 9.83. The van der Waals surface area contributed by atoms with Crippen molar-refractivity contribution < 1.29 is 9.90 Å². The highest BCUT2D eigenvalue weighted by molar-refractivity contribution is 5.77. The van der Waals surface area contributed by atoms with Crippen LogP contribution in [0, 0.1) is 23.2 Å². The predicted molar refractivity (Wildman–Crippen MR) is 52.8 cm³/mol. The van der Waals surface area contributed by atoms with E-state index in [0.717, 1.165) is 25.2 Å². The van der Waals surface area contributed by atoms with Crippen LogP contribution in [0.25, 0.3) is 0 Å². The molecule has 76 valence electrons. The van der Waals surface area contributed by atoms with E-state index < -0.39 is 5.97 Å². The van der Waals surface area contributed by atoms with Gasteiger partial charge in [0.2, 0.25) is 0 Å². The van der Waals surface area contributed by atoms with Crippen LogP contribution in [0.15, 0.2) is 12.2 Å². The molecule has 0 aromatic heterocycles. The molecule has 3 rings (SSSR count). The number of aliphatic carboxylic acids is 1. The van der Waals surface area contributed by atoms with Gasteiger partial charge in [-0.1, -0.05) is 12.2 Å². The molecule has 2 nitrogen and oxygen atoms in total. The van der Waals surface area contributed by atoms with E-state index in [9.17, 15) is 4.79 Å². The lowest BCUT2D eigenvalue weighted by molar-refractivity contribution is -0.144. The van der Waals surface area contributed by atoms with E-state index in [1.165, 1.54) is 12.8 Å². The van der Waals surface area contributed by atoms with Crippen LogP contribution in [0.3, 0.4) is 0 Å². The topological polar surface area (TPSA) is 37.3 Å². The molecule has 2 bridgehead atoms. The van der Waals surface area contributed by atoms with E-state index in [-0.39, 0.29) is 5.41 Å². The Morgan fingerprint density at radius 2 is 2.14 bits per heavy atom. The molecule has 0 aromatic rings. The number of rotatable bonds is 3. The molecule has 0 aliphatic heterocycles. The Kier molecular flexibility index (Phi) is 1.59. The largest absolute Gasteiger partial charge is 0.481 e. The minimum Gasteiger partial charge on any atom is -0.481 e. The number of carboxylic acid groups (broad SMARTS) is 1. The van der Waals surface area contributed by atoms with Crippen LogP contribution < -0.4 is 0 Å². The molecule has 3 aliphatic rings. The molecule has 0 spiro atoms. The fraction of sp³-hybridized carbons (Fsp3) is 0.750. The smallest absolute Gasteiger partial charge is 0.309 e. The molecule has 1 N–H and O–H groups in total. The van der Waals surface area contributed by atoms with Gasteiger partial charge in [-0.3, -0.25) is 4.79 Å². The first kappa shape index (κ1) is 8.51. The van der Waals surface area contributed by atoms with Crippen molar-refractivity contribution in [2.24, 2.45) is 23.2 Å². The van der Waals surface area contributed by atoms with Gasteiger partial charge in [0.25, 0.3) is 0 Å². The summed E-state index contributed by atoms with van der Waals surface area (Å²) in [7, 11) is 0. The van der Waals surface area contributed by atoms with E-state index in [4.69, 9.17) is 5.11 Å². The van der Waals surface area contributed by atoms with Crippen molar-refractivity contribution in [3.05, 3.63) is 12.2 Å². The zero-order valence-electron chi connectivity index (χ0n) is 8.28. The molecular formula is C12H16O2. The van der Waals surface area contributed by atoms with E-state index in [0.29, 0.717) is 11.8 Å². The number of fused-ring (bicyclic) bond motifs is 2. The highest BCUT2D eigenvalue weighted by Gasteiger charge is 2.53. The Balaban J connectivity index is 1.69. The van der Waals surface area contributed by atoms with Gasteiger partial charge in [0, 0.05) is 0 Å². The monoisotopic (exact) mass is 192 g/mol. The third-order valence-electron chi connectivity index (χ3n) is 4.38. The maximum Gasteiger partial charge on any atom is 0.309 e. The predicted octanol–water partition coefficient (Wildman–Crippen LogP) is 2.45. The zero-order valence-corrected chi connectivity index (χ0v) is 8.28. The molecule has 3 unspecified atom stereocenters. The number of hydrogen-bond donors (Lipinski definition) is 1. The Bertz CT molecular complexity index is 301. The van der Waals surface area contributed by atoms with Crippen molar-refractivity contribution in [3.63, 3.8) is 0 Å². The SMILES string of the molecule is O=C(O)C1(CC2CC3C=CC2C3)CC1. The third-order valence-corrected chi connectivity index (χ3v) is 4.38. The van der Waals surface area contributed by atoms with Crippen LogP contribution in [-0.2, 0) is 4.79 Å². The summed E-state index contributed by atoms with van der Waals surface area (Å²) in [6, 6.07) is 0. The number of hydrogen-bond acceptors (Lipinski definition) is 1. The van der Waals surface area contributed by atoms with Gasteiger partial charge in [-0.05, 0) is 49.9 Å². The average molecular weight is 192 g/mol. The van der Waals surface area contributed by atoms with Crippen LogP contribution in [0.4, 0.5) is 0 Å². The van der Waals surface area contributed by atoms with Crippen molar-refractivity contribution in [3.8, 4) is 0 Å². The standard InChI is InChI=1S/C12H16O2/c13-11(14)12(3-4-12)7-10-6-8-1-2-9(10)5-8/h1-2,8-10H,3-7H2,(H,13,14). The summed E-state index contributed by atoms with van der Waals surface area (Å²) >= 11 is 0. The second kappa shape index (κ2) is 2.62. The number of allylic oxidation sites excluding steroid dienone is 2. The van der Waals surface area contributed by atoms with E-state index in [1.807, 2.05) is 0 Å². The van der Waals surface area contributed by atoms with Gasteiger partial charge in [-0.2, -0.15) is 0 Å². The minimum atomic E-state index is -0.552. The molecule has 2 heteroatoms. The van der Waals surface area contributed by atoms with Crippen LogP contribution in [0.5, 0.6) is 0 Å². The maximum absolute atomic E-state index is 11.1. The average Bonchev–Trinajstić information content (AvgIpc) is 2.66. The molecule has 2 saturated carbocycles. The summed E-state index contributed by atoms with van der Waals surface area (Å²) in [6.07, 6.45) is 9.95. The first-order valence-electron chi connectivity index (χ1n) is 5.61. The lowest BCUT2D eigenvalue weighted by Gasteiger charge is -2.21. The minimum absolute atomic E-state index is 0.303. The second-order valence-corrected chi connectivity index (χ2v) is 5.33. The quantitative estimate of drug-likeness (QED) is 0.697. The van der Waals surface area contributed by atoms with Gasteiger partial charge < -0.3 is 5.11 Å². The molecule has 3 atom stereocenters. The summed E-state index contributed by atoms with van der Waals surface area (Å²) in [4.78, 5) is 11.1. The summed E-state index contributed by atoms with van der Waals surface area (Å²) in [5.41, 5.74) is -0.303.